The first kappa shape index (κ1) is 14.1. The molecule has 0 radical (unpaired) electrons. The molecule has 1 aromatic rings. The Kier molecular flexibility index (Phi) is 4.61. The van der Waals surface area contributed by atoms with Gasteiger partial charge in [0.2, 0.25) is 0 Å². The summed E-state index contributed by atoms with van der Waals surface area (Å²) in [5.74, 6) is 0. The standard InChI is InChI=1S/C13H18ClN3O2/c1-2-16(9-11-4-3-7-15-11)13-8-10(14)5-6-12(13)17(18)19/h5-6,8,11,15H,2-4,7,9H2,1H3. The zero-order valence-corrected chi connectivity index (χ0v) is 11.7. The number of nitro benzene ring substituents is 1. The quantitative estimate of drug-likeness (QED) is 0.667. The predicted octanol–water partition coefficient (Wildman–Crippen LogP) is 2.83. The van der Waals surface area contributed by atoms with Gasteiger partial charge in [-0.05, 0) is 38.4 Å². The fourth-order valence-corrected chi connectivity index (χ4v) is 2.65. The van der Waals surface area contributed by atoms with Crippen molar-refractivity contribution >= 4 is 23.0 Å². The largest absolute Gasteiger partial charge is 0.365 e. The number of hydrogen-bond donors (Lipinski definition) is 1. The highest BCUT2D eigenvalue weighted by Gasteiger charge is 2.23. The second-order valence-electron chi connectivity index (χ2n) is 4.72. The van der Waals surface area contributed by atoms with Crippen LogP contribution in [0.4, 0.5) is 11.4 Å². The van der Waals surface area contributed by atoms with E-state index in [0.29, 0.717) is 16.8 Å². The molecule has 1 aromatic carbocycles. The Labute approximate surface area is 117 Å². The van der Waals surface area contributed by atoms with E-state index in [0.717, 1.165) is 26.1 Å². The fourth-order valence-electron chi connectivity index (χ4n) is 2.48. The van der Waals surface area contributed by atoms with Crippen LogP contribution in [0.2, 0.25) is 5.02 Å². The zero-order valence-electron chi connectivity index (χ0n) is 10.9. The Balaban J connectivity index is 2.25. The molecule has 1 N–H and O–H groups in total. The first-order chi connectivity index (χ1) is 9.11. The van der Waals surface area contributed by atoms with Crippen LogP contribution in [0.3, 0.4) is 0 Å². The van der Waals surface area contributed by atoms with E-state index in [1.54, 1.807) is 12.1 Å². The van der Waals surface area contributed by atoms with E-state index in [2.05, 4.69) is 5.32 Å². The van der Waals surface area contributed by atoms with Crippen molar-refractivity contribution < 1.29 is 4.92 Å². The molecule has 1 atom stereocenters. The monoisotopic (exact) mass is 283 g/mol. The third-order valence-electron chi connectivity index (χ3n) is 3.46. The molecule has 0 spiro atoms. The lowest BCUT2D eigenvalue weighted by Crippen LogP contribution is -2.37. The molecule has 104 valence electrons. The first-order valence-electron chi connectivity index (χ1n) is 6.54. The summed E-state index contributed by atoms with van der Waals surface area (Å²) in [7, 11) is 0. The lowest BCUT2D eigenvalue weighted by molar-refractivity contribution is -0.384. The van der Waals surface area contributed by atoms with Gasteiger partial charge in [-0.15, -0.1) is 0 Å². The topological polar surface area (TPSA) is 58.4 Å². The van der Waals surface area contributed by atoms with E-state index in [-0.39, 0.29) is 10.6 Å². The van der Waals surface area contributed by atoms with Gasteiger partial charge in [-0.1, -0.05) is 11.6 Å². The number of anilines is 1. The molecule has 1 aliphatic heterocycles. The van der Waals surface area contributed by atoms with E-state index in [9.17, 15) is 10.1 Å². The molecule has 2 rings (SSSR count). The van der Waals surface area contributed by atoms with Crippen molar-refractivity contribution in [2.24, 2.45) is 0 Å². The lowest BCUT2D eigenvalue weighted by Gasteiger charge is -2.26. The highest BCUT2D eigenvalue weighted by atomic mass is 35.5. The Hall–Kier alpha value is -1.33. The summed E-state index contributed by atoms with van der Waals surface area (Å²) in [5, 5.41) is 15.0. The average molecular weight is 284 g/mol. The van der Waals surface area contributed by atoms with Gasteiger partial charge in [0.1, 0.15) is 5.69 Å². The summed E-state index contributed by atoms with van der Waals surface area (Å²) >= 11 is 5.97. The minimum atomic E-state index is -0.351. The highest BCUT2D eigenvalue weighted by molar-refractivity contribution is 6.31. The number of hydrogen-bond acceptors (Lipinski definition) is 4. The minimum absolute atomic E-state index is 0.115. The summed E-state index contributed by atoms with van der Waals surface area (Å²) < 4.78 is 0. The number of halogens is 1. The molecule has 0 saturated carbocycles. The van der Waals surface area contributed by atoms with Crippen LogP contribution in [0.15, 0.2) is 18.2 Å². The van der Waals surface area contributed by atoms with Crippen LogP contribution in [0.5, 0.6) is 0 Å². The summed E-state index contributed by atoms with van der Waals surface area (Å²) in [6.45, 7) is 4.52. The van der Waals surface area contributed by atoms with Gasteiger partial charge in [-0.3, -0.25) is 10.1 Å². The van der Waals surface area contributed by atoms with Crippen LogP contribution in [-0.2, 0) is 0 Å². The maximum Gasteiger partial charge on any atom is 0.292 e. The molecule has 0 bridgehead atoms. The van der Waals surface area contributed by atoms with Crippen molar-refractivity contribution in [2.75, 3.05) is 24.5 Å². The van der Waals surface area contributed by atoms with Crippen LogP contribution < -0.4 is 10.2 Å². The van der Waals surface area contributed by atoms with Crippen molar-refractivity contribution in [3.63, 3.8) is 0 Å². The molecule has 1 unspecified atom stereocenters. The normalized spacial score (nSPS) is 18.5. The van der Waals surface area contributed by atoms with Gasteiger partial charge in [0.05, 0.1) is 4.92 Å². The molecule has 5 nitrogen and oxygen atoms in total. The van der Waals surface area contributed by atoms with E-state index in [4.69, 9.17) is 11.6 Å². The van der Waals surface area contributed by atoms with Crippen LogP contribution in [0.1, 0.15) is 19.8 Å². The molecular formula is C13H18ClN3O2. The van der Waals surface area contributed by atoms with E-state index in [1.165, 1.54) is 12.5 Å². The van der Waals surface area contributed by atoms with Crippen LogP contribution in [-0.4, -0.2) is 30.6 Å². The third-order valence-corrected chi connectivity index (χ3v) is 3.69. The molecule has 1 saturated heterocycles. The van der Waals surface area contributed by atoms with Crippen LogP contribution in [0.25, 0.3) is 0 Å². The van der Waals surface area contributed by atoms with Gasteiger partial charge >= 0.3 is 0 Å². The Bertz CT molecular complexity index is 461. The maximum atomic E-state index is 11.1. The minimum Gasteiger partial charge on any atom is -0.365 e. The van der Waals surface area contributed by atoms with Gasteiger partial charge in [-0.25, -0.2) is 0 Å². The third kappa shape index (κ3) is 3.36. The number of benzene rings is 1. The van der Waals surface area contributed by atoms with Crippen LogP contribution >= 0.6 is 11.6 Å². The molecule has 1 aliphatic rings. The molecular weight excluding hydrogens is 266 g/mol. The van der Waals surface area contributed by atoms with Gasteiger partial charge in [0, 0.05) is 30.2 Å². The smallest absolute Gasteiger partial charge is 0.292 e. The van der Waals surface area contributed by atoms with Crippen molar-refractivity contribution in [3.8, 4) is 0 Å². The molecule has 0 aliphatic carbocycles. The molecule has 1 fully saturated rings. The Morgan fingerprint density at radius 1 is 1.58 bits per heavy atom. The van der Waals surface area contributed by atoms with Crippen molar-refractivity contribution in [3.05, 3.63) is 33.3 Å². The van der Waals surface area contributed by atoms with Gasteiger partial charge in [0.25, 0.3) is 5.69 Å². The summed E-state index contributed by atoms with van der Waals surface area (Å²) in [5.41, 5.74) is 0.720. The van der Waals surface area contributed by atoms with Gasteiger partial charge in [0.15, 0.2) is 0 Å². The number of nitrogens with zero attached hydrogens (tertiary/aromatic N) is 2. The molecule has 6 heteroatoms. The molecule has 0 amide bonds. The summed E-state index contributed by atoms with van der Waals surface area (Å²) in [4.78, 5) is 12.8. The zero-order chi connectivity index (χ0) is 13.8. The second kappa shape index (κ2) is 6.21. The van der Waals surface area contributed by atoms with Crippen molar-refractivity contribution in [1.82, 2.24) is 5.32 Å². The van der Waals surface area contributed by atoms with Crippen LogP contribution in [0, 0.1) is 10.1 Å². The number of rotatable bonds is 5. The van der Waals surface area contributed by atoms with E-state index in [1.807, 2.05) is 11.8 Å². The molecule has 1 heterocycles. The predicted molar refractivity (Wildman–Crippen MR) is 77.0 cm³/mol. The molecule has 0 aromatic heterocycles. The summed E-state index contributed by atoms with van der Waals surface area (Å²) in [6, 6.07) is 5.12. The number of nitro groups is 1. The van der Waals surface area contributed by atoms with E-state index >= 15 is 0 Å². The fraction of sp³-hybridized carbons (Fsp3) is 0.538. The van der Waals surface area contributed by atoms with E-state index < -0.39 is 0 Å². The average Bonchev–Trinajstić information content (AvgIpc) is 2.88. The maximum absolute atomic E-state index is 11.1. The van der Waals surface area contributed by atoms with Gasteiger partial charge < -0.3 is 10.2 Å². The Morgan fingerprint density at radius 3 is 2.95 bits per heavy atom. The highest BCUT2D eigenvalue weighted by Crippen LogP contribution is 2.31. The second-order valence-corrected chi connectivity index (χ2v) is 5.16. The number of nitrogens with one attached hydrogen (secondary N) is 1. The molecule has 19 heavy (non-hydrogen) atoms. The summed E-state index contributed by atoms with van der Waals surface area (Å²) in [6.07, 6.45) is 2.28. The van der Waals surface area contributed by atoms with Gasteiger partial charge in [-0.2, -0.15) is 0 Å². The SMILES string of the molecule is CCN(CC1CCCN1)c1cc(Cl)ccc1[N+](=O)[O-]. The lowest BCUT2D eigenvalue weighted by atomic mass is 10.2. The Morgan fingerprint density at radius 2 is 2.37 bits per heavy atom. The van der Waals surface area contributed by atoms with Crippen molar-refractivity contribution in [2.45, 2.75) is 25.8 Å². The number of likely N-dealkylation sites (N-methyl/N-ethyl adjacent to an activating group) is 1. The van der Waals surface area contributed by atoms with Crippen molar-refractivity contribution in [1.29, 1.82) is 0 Å². The first-order valence-corrected chi connectivity index (χ1v) is 6.92.